The van der Waals surface area contributed by atoms with Gasteiger partial charge >= 0.3 is 11.5 Å². The summed E-state index contributed by atoms with van der Waals surface area (Å²) in [5.41, 5.74) is 3.02. The molecule has 1 aromatic heterocycles. The molecule has 0 atom stereocenters. The zero-order chi connectivity index (χ0) is 15.3. The zero-order valence-corrected chi connectivity index (χ0v) is 12.8. The largest absolute Gasteiger partial charge is 0.332 e. The van der Waals surface area contributed by atoms with Gasteiger partial charge in [-0.15, -0.1) is 10.2 Å². The van der Waals surface area contributed by atoms with Crippen LogP contribution in [0.25, 0.3) is 0 Å². The highest BCUT2D eigenvalue weighted by Gasteiger charge is 2.25. The first-order valence-corrected chi connectivity index (χ1v) is 8.75. The molecule has 0 radical (unpaired) electrons. The molecule has 5 nitrogen and oxygen atoms in total. The summed E-state index contributed by atoms with van der Waals surface area (Å²) in [5.74, 6) is 2.61. The minimum Gasteiger partial charge on any atom is -0.222 e. The highest BCUT2D eigenvalue weighted by molar-refractivity contribution is 5.29. The van der Waals surface area contributed by atoms with E-state index in [2.05, 4.69) is 6.07 Å². The molecule has 0 aromatic carbocycles. The lowest BCUT2D eigenvalue weighted by atomic mass is 10.0. The molecule has 21 heavy (non-hydrogen) atoms. The molecule has 0 spiro atoms. The maximum atomic E-state index is 8.49. The van der Waals surface area contributed by atoms with Crippen LogP contribution in [0.3, 0.4) is 0 Å². The number of rotatable bonds is 0. The molecule has 0 bridgehead atoms. The molecule has 0 aliphatic heterocycles. The topological polar surface area (TPSA) is 104 Å². The SMILES string of the molecule is [O-][Cl+3]([O-])([O-])[O-].c1c2c([o+]c3c1CCCCC3)CCCCC2. The molecule has 2 aliphatic carbocycles. The zero-order valence-electron chi connectivity index (χ0n) is 12.1. The first-order chi connectivity index (χ1) is 9.93. The van der Waals surface area contributed by atoms with Crippen LogP contribution < -0.4 is 18.6 Å². The maximum Gasteiger partial charge on any atom is 0.332 e. The van der Waals surface area contributed by atoms with Crippen molar-refractivity contribution >= 4 is 0 Å². The predicted octanol–water partition coefficient (Wildman–Crippen LogP) is -0.657. The van der Waals surface area contributed by atoms with Crippen molar-refractivity contribution in [3.05, 3.63) is 28.7 Å². The van der Waals surface area contributed by atoms with Crippen molar-refractivity contribution in [1.82, 2.24) is 0 Å². The Kier molecular flexibility index (Phi) is 5.96. The van der Waals surface area contributed by atoms with E-state index in [1.165, 1.54) is 86.9 Å². The summed E-state index contributed by atoms with van der Waals surface area (Å²) in [5, 5.41) is 0. The minimum atomic E-state index is -4.94. The molecule has 0 N–H and O–H groups in total. The van der Waals surface area contributed by atoms with E-state index in [-0.39, 0.29) is 0 Å². The van der Waals surface area contributed by atoms with E-state index in [4.69, 9.17) is 23.1 Å². The monoisotopic (exact) mass is 316 g/mol. The van der Waals surface area contributed by atoms with Crippen molar-refractivity contribution < 1.29 is 33.3 Å². The van der Waals surface area contributed by atoms with Crippen LogP contribution in [0, 0.1) is 10.2 Å². The van der Waals surface area contributed by atoms with Gasteiger partial charge in [0, 0.05) is 0 Å². The second-order valence-electron chi connectivity index (χ2n) is 5.64. The van der Waals surface area contributed by atoms with E-state index in [1.54, 1.807) is 0 Å². The first-order valence-electron chi connectivity index (χ1n) is 7.52. The number of fused-ring (bicyclic) bond motifs is 2. The van der Waals surface area contributed by atoms with Crippen LogP contribution >= 0.6 is 0 Å². The van der Waals surface area contributed by atoms with Crippen LogP contribution in [0.2, 0.25) is 0 Å². The maximum absolute atomic E-state index is 8.49. The van der Waals surface area contributed by atoms with Gasteiger partial charge in [0.25, 0.3) is 0 Å². The molecule has 118 valence electrons. The number of aryl methyl sites for hydroxylation is 4. The summed E-state index contributed by atoms with van der Waals surface area (Å²) in [6.07, 6.45) is 12.9. The Hall–Kier alpha value is -0.720. The van der Waals surface area contributed by atoms with E-state index in [9.17, 15) is 0 Å². The molecule has 6 heteroatoms. The van der Waals surface area contributed by atoms with E-state index in [0.717, 1.165) is 0 Å². The van der Waals surface area contributed by atoms with Gasteiger partial charge in [0.1, 0.15) is 0 Å². The predicted molar refractivity (Wildman–Crippen MR) is 65.6 cm³/mol. The Morgan fingerprint density at radius 2 is 1.05 bits per heavy atom. The fourth-order valence-electron chi connectivity index (χ4n) is 3.05. The molecule has 1 heterocycles. The lowest BCUT2D eigenvalue weighted by molar-refractivity contribution is -2.00. The van der Waals surface area contributed by atoms with Crippen LogP contribution in [0.1, 0.15) is 61.2 Å². The second-order valence-corrected chi connectivity index (χ2v) is 6.40. The molecular weight excluding hydrogens is 296 g/mol. The van der Waals surface area contributed by atoms with Crippen molar-refractivity contribution in [1.29, 1.82) is 0 Å². The average molecular weight is 317 g/mol. The fourth-order valence-corrected chi connectivity index (χ4v) is 3.05. The summed E-state index contributed by atoms with van der Waals surface area (Å²) in [7, 11) is -4.94. The van der Waals surface area contributed by atoms with Crippen molar-refractivity contribution in [3.63, 3.8) is 0 Å². The average Bonchev–Trinajstić information content (AvgIpc) is 2.72. The standard InChI is InChI=1S/C15H21O.ClHO4/c1-3-7-12-11-13-8-4-2-6-10-15(13)16-14(12)9-5-1;2-1(3,4)5/h11H,1-10H2;(H,2,3,4,5)/q+1;/p-1. The molecule has 0 fully saturated rings. The number of hydrogen-bond donors (Lipinski definition) is 0. The summed E-state index contributed by atoms with van der Waals surface area (Å²) >= 11 is 0. The van der Waals surface area contributed by atoms with Crippen LogP contribution in [0.5, 0.6) is 0 Å². The van der Waals surface area contributed by atoms with Crippen molar-refractivity contribution in [3.8, 4) is 0 Å². The van der Waals surface area contributed by atoms with Gasteiger partial charge in [0.15, 0.2) is 0 Å². The van der Waals surface area contributed by atoms with Crippen molar-refractivity contribution in [2.24, 2.45) is 0 Å². The number of halogens is 1. The quantitative estimate of drug-likeness (QED) is 0.467. The Labute approximate surface area is 127 Å². The fraction of sp³-hybridized carbons (Fsp3) is 0.667. The van der Waals surface area contributed by atoms with E-state index < -0.39 is 10.2 Å². The van der Waals surface area contributed by atoms with Crippen LogP contribution in [-0.2, 0) is 25.7 Å². The van der Waals surface area contributed by atoms with Gasteiger partial charge in [-0.25, -0.2) is 23.1 Å². The Morgan fingerprint density at radius 3 is 1.48 bits per heavy atom. The first kappa shape index (κ1) is 16.6. The molecule has 0 unspecified atom stereocenters. The third kappa shape index (κ3) is 5.88. The van der Waals surface area contributed by atoms with Gasteiger partial charge in [0.05, 0.1) is 24.0 Å². The molecule has 0 amide bonds. The summed E-state index contributed by atoms with van der Waals surface area (Å²) in [6, 6.07) is 2.46. The van der Waals surface area contributed by atoms with Gasteiger partial charge in [-0.3, -0.25) is 0 Å². The summed E-state index contributed by atoms with van der Waals surface area (Å²) in [4.78, 5) is 0. The summed E-state index contributed by atoms with van der Waals surface area (Å²) < 4.78 is 40.2. The third-order valence-corrected chi connectivity index (χ3v) is 4.01. The van der Waals surface area contributed by atoms with Gasteiger partial charge < -0.3 is 0 Å². The van der Waals surface area contributed by atoms with E-state index >= 15 is 0 Å². The van der Waals surface area contributed by atoms with Crippen LogP contribution in [-0.4, -0.2) is 0 Å². The second kappa shape index (κ2) is 7.51. The van der Waals surface area contributed by atoms with Gasteiger partial charge in [0.2, 0.25) is 0 Å². The van der Waals surface area contributed by atoms with Crippen LogP contribution in [0.4, 0.5) is 0 Å². The molecule has 2 aliphatic rings. The molecule has 1 aromatic rings. The van der Waals surface area contributed by atoms with E-state index in [1.807, 2.05) is 0 Å². The normalized spacial score (nSPS) is 18.5. The molecule has 0 saturated carbocycles. The van der Waals surface area contributed by atoms with Gasteiger partial charge in [-0.05, 0) is 44.6 Å². The highest BCUT2D eigenvalue weighted by Crippen LogP contribution is 2.28. The van der Waals surface area contributed by atoms with Gasteiger partial charge in [-0.2, -0.15) is 0 Å². The third-order valence-electron chi connectivity index (χ3n) is 4.01. The molecular formula is C15H21ClO5. The molecule has 3 rings (SSSR count). The lowest BCUT2D eigenvalue weighted by Crippen LogP contribution is -2.68. The van der Waals surface area contributed by atoms with Crippen molar-refractivity contribution in [2.75, 3.05) is 0 Å². The minimum absolute atomic E-state index is 1.17. The lowest BCUT2D eigenvalue weighted by Gasteiger charge is -2.17. The number of hydrogen-bond acceptors (Lipinski definition) is 4. The van der Waals surface area contributed by atoms with E-state index in [0.29, 0.717) is 0 Å². The molecule has 0 saturated heterocycles. The van der Waals surface area contributed by atoms with Crippen molar-refractivity contribution in [2.45, 2.75) is 64.2 Å². The smallest absolute Gasteiger partial charge is 0.222 e. The Morgan fingerprint density at radius 1 is 0.667 bits per heavy atom. The van der Waals surface area contributed by atoms with Crippen LogP contribution in [0.15, 0.2) is 10.5 Å². The van der Waals surface area contributed by atoms with Gasteiger partial charge in [-0.1, -0.05) is 12.8 Å². The Bertz CT molecular complexity index is 396. The Balaban J connectivity index is 0.000000282. The summed E-state index contributed by atoms with van der Waals surface area (Å²) in [6.45, 7) is 0. The highest BCUT2D eigenvalue weighted by atomic mass is 35.7.